The molecule has 2 aliphatic rings. The van der Waals surface area contributed by atoms with Gasteiger partial charge in [-0.05, 0) is 72.5 Å². The summed E-state index contributed by atoms with van der Waals surface area (Å²) in [6.07, 6.45) is 1.15. The largest absolute Gasteiger partial charge is 0.479 e. The molecule has 3 aromatic carbocycles. The van der Waals surface area contributed by atoms with Gasteiger partial charge in [-0.2, -0.15) is 0 Å². The van der Waals surface area contributed by atoms with Gasteiger partial charge in [-0.15, -0.1) is 0 Å². The fourth-order valence-corrected chi connectivity index (χ4v) is 5.12. The number of ketones is 2. The minimum Gasteiger partial charge on any atom is -0.479 e. The predicted molar refractivity (Wildman–Crippen MR) is 159 cm³/mol. The second kappa shape index (κ2) is 12.2. The van der Waals surface area contributed by atoms with E-state index in [9.17, 15) is 19.2 Å². The molecule has 0 aromatic heterocycles. The maximum atomic E-state index is 12.9. The minimum absolute atomic E-state index is 0.0612. The van der Waals surface area contributed by atoms with E-state index in [2.05, 4.69) is 10.6 Å². The lowest BCUT2D eigenvalue weighted by Crippen LogP contribution is -2.25. The van der Waals surface area contributed by atoms with E-state index in [4.69, 9.17) is 32.7 Å². The van der Waals surface area contributed by atoms with Crippen LogP contribution in [0.2, 0.25) is 10.0 Å². The third-order valence-electron chi connectivity index (χ3n) is 6.90. The second-order valence-electron chi connectivity index (χ2n) is 10.1. The normalized spacial score (nSPS) is 18.3. The van der Waals surface area contributed by atoms with Crippen LogP contribution in [0.4, 0.5) is 11.4 Å². The predicted octanol–water partition coefficient (Wildman–Crippen LogP) is 6.72. The molecule has 2 N–H and O–H groups in total. The SMILES string of the molecule is Cc1cc(Cl)ccc1NC(=O)C1=CC(=O)C[C@@H](c2ccc([C@H]3CC(=O)C=C(C(=O)Nc4ccc(Cl)cc4C)O3)cc2)O1. The number of hydrogen-bond donors (Lipinski definition) is 2. The standard InChI is InChI=1S/C32H26Cl2N2O6/c1-17-11-21(33)7-9-25(17)35-31(39)29-15-23(37)13-27(41-29)19-3-5-20(6-4-19)28-14-24(38)16-30(42-28)32(40)36-26-10-8-22(34)12-18(26)2/h3-12,15-16,27-28H,13-14H2,1-2H3,(H,35,39)(H,36,40)/t27-,28+. The van der Waals surface area contributed by atoms with Crippen molar-refractivity contribution in [2.45, 2.75) is 38.9 Å². The number of amides is 2. The Hall–Kier alpha value is -4.40. The lowest BCUT2D eigenvalue weighted by molar-refractivity contribution is -0.124. The van der Waals surface area contributed by atoms with Crippen molar-refractivity contribution in [1.29, 1.82) is 0 Å². The fraction of sp³-hybridized carbons (Fsp3) is 0.188. The van der Waals surface area contributed by atoms with E-state index in [-0.39, 0.29) is 35.9 Å². The number of carbonyl (C=O) groups excluding carboxylic acids is 4. The third kappa shape index (κ3) is 6.73. The Morgan fingerprint density at radius 3 is 1.40 bits per heavy atom. The Balaban J connectivity index is 1.25. The van der Waals surface area contributed by atoms with Gasteiger partial charge in [0.2, 0.25) is 0 Å². The van der Waals surface area contributed by atoms with E-state index >= 15 is 0 Å². The summed E-state index contributed by atoms with van der Waals surface area (Å²) >= 11 is 12.0. The van der Waals surface area contributed by atoms with Crippen LogP contribution in [0, 0.1) is 13.8 Å². The van der Waals surface area contributed by atoms with Crippen molar-refractivity contribution < 1.29 is 28.7 Å². The molecule has 0 fully saturated rings. The average molecular weight is 605 g/mol. The molecule has 3 aromatic rings. The molecular formula is C32H26Cl2N2O6. The Kier molecular flexibility index (Phi) is 8.47. The van der Waals surface area contributed by atoms with Gasteiger partial charge in [-0.3, -0.25) is 19.2 Å². The molecule has 2 aliphatic heterocycles. The zero-order chi connectivity index (χ0) is 30.0. The third-order valence-corrected chi connectivity index (χ3v) is 7.37. The molecule has 2 amide bonds. The Morgan fingerprint density at radius 1 is 0.667 bits per heavy atom. The molecule has 0 saturated heterocycles. The molecule has 0 radical (unpaired) electrons. The first-order valence-electron chi connectivity index (χ1n) is 13.1. The minimum atomic E-state index is -0.679. The maximum absolute atomic E-state index is 12.9. The van der Waals surface area contributed by atoms with Crippen molar-refractivity contribution in [2.75, 3.05) is 10.6 Å². The number of hydrogen-bond acceptors (Lipinski definition) is 6. The molecule has 0 unspecified atom stereocenters. The van der Waals surface area contributed by atoms with Crippen LogP contribution in [0.3, 0.4) is 0 Å². The highest BCUT2D eigenvalue weighted by Gasteiger charge is 2.30. The number of nitrogens with one attached hydrogen (secondary N) is 2. The number of ether oxygens (including phenoxy) is 2. The summed E-state index contributed by atoms with van der Waals surface area (Å²) in [5, 5.41) is 6.60. The van der Waals surface area contributed by atoms with Gasteiger partial charge in [0.1, 0.15) is 12.2 Å². The fourth-order valence-electron chi connectivity index (χ4n) is 4.67. The van der Waals surface area contributed by atoms with Gasteiger partial charge < -0.3 is 20.1 Å². The number of allylic oxidation sites excluding steroid dienone is 2. The summed E-state index contributed by atoms with van der Waals surface area (Å²) in [6.45, 7) is 3.62. The summed E-state index contributed by atoms with van der Waals surface area (Å²) in [6, 6.07) is 17.1. The highest BCUT2D eigenvalue weighted by Crippen LogP contribution is 2.34. The molecule has 0 saturated carbocycles. The molecular weight excluding hydrogens is 579 g/mol. The van der Waals surface area contributed by atoms with Gasteiger partial charge in [0.25, 0.3) is 11.8 Å². The number of carbonyl (C=O) groups is 4. The number of anilines is 2. The van der Waals surface area contributed by atoms with Crippen LogP contribution in [0.5, 0.6) is 0 Å². The molecule has 8 nitrogen and oxygen atoms in total. The van der Waals surface area contributed by atoms with Crippen molar-refractivity contribution in [1.82, 2.24) is 0 Å². The molecule has 5 rings (SSSR count). The van der Waals surface area contributed by atoms with Crippen molar-refractivity contribution in [3.8, 4) is 0 Å². The molecule has 0 spiro atoms. The van der Waals surface area contributed by atoms with E-state index in [1.165, 1.54) is 12.2 Å². The number of aryl methyl sites for hydroxylation is 2. The number of benzene rings is 3. The first kappa shape index (κ1) is 29.1. The number of rotatable bonds is 6. The Labute approximate surface area is 252 Å². The summed E-state index contributed by atoms with van der Waals surface area (Å²) in [5.41, 5.74) is 3.99. The van der Waals surface area contributed by atoms with Crippen LogP contribution >= 0.6 is 23.2 Å². The smallest absolute Gasteiger partial charge is 0.290 e. The van der Waals surface area contributed by atoms with Crippen molar-refractivity contribution >= 4 is 58.0 Å². The maximum Gasteiger partial charge on any atom is 0.290 e. The first-order valence-corrected chi connectivity index (χ1v) is 13.9. The van der Waals surface area contributed by atoms with E-state index in [0.717, 1.165) is 11.1 Å². The Morgan fingerprint density at radius 2 is 1.05 bits per heavy atom. The van der Waals surface area contributed by atoms with E-state index < -0.39 is 24.0 Å². The Bertz CT molecular complexity index is 1540. The summed E-state index contributed by atoms with van der Waals surface area (Å²) < 4.78 is 11.8. The van der Waals surface area contributed by atoms with Crippen molar-refractivity contribution in [3.63, 3.8) is 0 Å². The first-order chi connectivity index (χ1) is 20.0. The van der Waals surface area contributed by atoms with Crippen LogP contribution in [0.25, 0.3) is 0 Å². The molecule has 214 valence electrons. The molecule has 42 heavy (non-hydrogen) atoms. The second-order valence-corrected chi connectivity index (χ2v) is 10.9. The van der Waals surface area contributed by atoms with Crippen molar-refractivity contribution in [2.24, 2.45) is 0 Å². The van der Waals surface area contributed by atoms with Crippen LogP contribution < -0.4 is 10.6 Å². The average Bonchev–Trinajstić information content (AvgIpc) is 2.95. The monoisotopic (exact) mass is 604 g/mol. The van der Waals surface area contributed by atoms with Gasteiger partial charge in [0.15, 0.2) is 23.1 Å². The number of halogens is 2. The molecule has 0 aliphatic carbocycles. The van der Waals surface area contributed by atoms with Gasteiger partial charge in [-0.25, -0.2) is 0 Å². The zero-order valence-corrected chi connectivity index (χ0v) is 24.2. The quantitative estimate of drug-likeness (QED) is 0.323. The molecule has 2 atom stereocenters. The van der Waals surface area contributed by atoms with Crippen LogP contribution in [-0.4, -0.2) is 23.4 Å². The molecule has 2 heterocycles. The van der Waals surface area contributed by atoms with E-state index in [1.54, 1.807) is 60.7 Å². The highest BCUT2D eigenvalue weighted by molar-refractivity contribution is 6.31. The summed E-state index contributed by atoms with van der Waals surface area (Å²) in [7, 11) is 0. The highest BCUT2D eigenvalue weighted by atomic mass is 35.5. The summed E-state index contributed by atoms with van der Waals surface area (Å²) in [5.74, 6) is -1.76. The topological polar surface area (TPSA) is 111 Å². The van der Waals surface area contributed by atoms with Gasteiger partial charge in [0.05, 0.1) is 12.8 Å². The van der Waals surface area contributed by atoms with Gasteiger partial charge in [0, 0.05) is 33.6 Å². The van der Waals surface area contributed by atoms with Crippen LogP contribution in [-0.2, 0) is 28.7 Å². The lowest BCUT2D eigenvalue weighted by atomic mass is 9.96. The van der Waals surface area contributed by atoms with Gasteiger partial charge >= 0.3 is 0 Å². The summed E-state index contributed by atoms with van der Waals surface area (Å²) in [4.78, 5) is 50.7. The van der Waals surface area contributed by atoms with E-state index in [1.807, 2.05) is 13.8 Å². The zero-order valence-electron chi connectivity index (χ0n) is 22.7. The van der Waals surface area contributed by atoms with Crippen LogP contribution in [0.15, 0.2) is 84.3 Å². The molecule has 0 bridgehead atoms. The van der Waals surface area contributed by atoms with E-state index in [0.29, 0.717) is 32.5 Å². The molecule has 10 heteroatoms. The lowest BCUT2D eigenvalue weighted by Gasteiger charge is -2.26. The van der Waals surface area contributed by atoms with Crippen LogP contribution in [0.1, 0.15) is 47.3 Å². The van der Waals surface area contributed by atoms with Gasteiger partial charge in [-0.1, -0.05) is 47.5 Å². The van der Waals surface area contributed by atoms with Crippen molar-refractivity contribution in [3.05, 3.63) is 117 Å².